The molecule has 2 rings (SSSR count). The van der Waals surface area contributed by atoms with Crippen LogP contribution in [0.4, 0.5) is 0 Å². The van der Waals surface area contributed by atoms with Crippen LogP contribution in [0.3, 0.4) is 0 Å². The van der Waals surface area contributed by atoms with Gasteiger partial charge in [0.2, 0.25) is 0 Å². The highest BCUT2D eigenvalue weighted by Crippen LogP contribution is 2.27. The lowest BCUT2D eigenvalue weighted by molar-refractivity contribution is -0.155. The number of aromatic nitrogens is 1. The number of nitrogens with zero attached hydrogens (tertiary/aromatic N) is 1. The van der Waals surface area contributed by atoms with E-state index in [1.807, 2.05) is 44.2 Å². The smallest absolute Gasteiger partial charge is 0.328 e. The molecule has 2 N–H and O–H groups in total. The van der Waals surface area contributed by atoms with Gasteiger partial charge in [-0.05, 0) is 31.9 Å². The number of ether oxygens (including phenoxy) is 3. The third kappa shape index (κ3) is 5.85. The third-order valence-electron chi connectivity index (χ3n) is 4.46. The molecule has 0 saturated heterocycles. The first-order valence-corrected chi connectivity index (χ1v) is 9.69. The zero-order valence-corrected chi connectivity index (χ0v) is 17.8. The number of hydrogen-bond donors (Lipinski definition) is 2. The van der Waals surface area contributed by atoms with Crippen molar-refractivity contribution < 1.29 is 28.9 Å². The van der Waals surface area contributed by atoms with Crippen molar-refractivity contribution in [3.63, 3.8) is 0 Å². The van der Waals surface area contributed by atoms with Crippen LogP contribution in [0.15, 0.2) is 42.6 Å². The average molecular weight is 416 g/mol. The van der Waals surface area contributed by atoms with Crippen LogP contribution in [0.5, 0.6) is 17.2 Å². The van der Waals surface area contributed by atoms with Crippen molar-refractivity contribution in [2.24, 2.45) is 5.92 Å². The summed E-state index contributed by atoms with van der Waals surface area (Å²) in [5, 5.41) is 12.5. The van der Waals surface area contributed by atoms with Crippen molar-refractivity contribution in [3.05, 3.63) is 48.3 Å². The SMILES string of the molecule is COc1ccnc(C(=O)N[C@H](C)C(=O)O[C@@H](C)[C@H](Oc2ccccc2)C(C)C)c1O. The third-order valence-corrected chi connectivity index (χ3v) is 4.46. The number of amides is 1. The van der Waals surface area contributed by atoms with Crippen LogP contribution in [0.25, 0.3) is 0 Å². The van der Waals surface area contributed by atoms with E-state index in [9.17, 15) is 14.7 Å². The van der Waals surface area contributed by atoms with Crippen molar-refractivity contribution in [1.29, 1.82) is 0 Å². The second-order valence-corrected chi connectivity index (χ2v) is 7.19. The van der Waals surface area contributed by atoms with E-state index in [1.54, 1.807) is 6.92 Å². The first-order chi connectivity index (χ1) is 14.2. The molecular formula is C22H28N2O6. The maximum Gasteiger partial charge on any atom is 0.328 e. The number of aromatic hydroxyl groups is 1. The van der Waals surface area contributed by atoms with Gasteiger partial charge in [0.05, 0.1) is 7.11 Å². The second kappa shape index (κ2) is 10.5. The van der Waals surface area contributed by atoms with Gasteiger partial charge in [0.15, 0.2) is 17.2 Å². The molecule has 1 aromatic carbocycles. The van der Waals surface area contributed by atoms with Crippen LogP contribution in [0.2, 0.25) is 0 Å². The molecule has 0 bridgehead atoms. The van der Waals surface area contributed by atoms with Gasteiger partial charge in [-0.1, -0.05) is 32.0 Å². The highest BCUT2D eigenvalue weighted by molar-refractivity contribution is 5.97. The molecule has 0 saturated carbocycles. The number of hydrogen-bond acceptors (Lipinski definition) is 7. The number of carbonyl (C=O) groups excluding carboxylic acids is 2. The highest BCUT2D eigenvalue weighted by Gasteiger charge is 2.29. The van der Waals surface area contributed by atoms with Crippen LogP contribution in [-0.4, -0.2) is 47.3 Å². The molecule has 8 heteroatoms. The molecular weight excluding hydrogens is 388 g/mol. The van der Waals surface area contributed by atoms with Crippen molar-refractivity contribution in [2.45, 2.75) is 45.9 Å². The Morgan fingerprint density at radius 2 is 1.73 bits per heavy atom. The first kappa shape index (κ1) is 23.0. The molecule has 8 nitrogen and oxygen atoms in total. The van der Waals surface area contributed by atoms with E-state index < -0.39 is 29.8 Å². The summed E-state index contributed by atoms with van der Waals surface area (Å²) in [6, 6.07) is 9.74. The Balaban J connectivity index is 2.00. The van der Waals surface area contributed by atoms with E-state index in [0.717, 1.165) is 0 Å². The number of methoxy groups -OCH3 is 1. The van der Waals surface area contributed by atoms with Gasteiger partial charge in [-0.15, -0.1) is 0 Å². The number of para-hydroxylation sites is 1. The summed E-state index contributed by atoms with van der Waals surface area (Å²) in [5.41, 5.74) is -0.241. The van der Waals surface area contributed by atoms with Crippen molar-refractivity contribution in [3.8, 4) is 17.2 Å². The van der Waals surface area contributed by atoms with Crippen LogP contribution in [-0.2, 0) is 9.53 Å². The second-order valence-electron chi connectivity index (χ2n) is 7.19. The fourth-order valence-electron chi connectivity index (χ4n) is 2.87. The molecule has 0 aliphatic carbocycles. The van der Waals surface area contributed by atoms with Gasteiger partial charge in [0.25, 0.3) is 5.91 Å². The lowest BCUT2D eigenvalue weighted by Crippen LogP contribution is -2.44. The molecule has 1 heterocycles. The quantitative estimate of drug-likeness (QED) is 0.605. The molecule has 30 heavy (non-hydrogen) atoms. The lowest BCUT2D eigenvalue weighted by Gasteiger charge is -2.29. The normalized spacial score (nSPS) is 13.8. The van der Waals surface area contributed by atoms with Crippen LogP contribution in [0.1, 0.15) is 38.2 Å². The predicted molar refractivity (Wildman–Crippen MR) is 111 cm³/mol. The average Bonchev–Trinajstić information content (AvgIpc) is 2.72. The van der Waals surface area contributed by atoms with E-state index in [1.165, 1.54) is 26.3 Å². The zero-order chi connectivity index (χ0) is 22.3. The van der Waals surface area contributed by atoms with Crippen LogP contribution in [0, 0.1) is 5.92 Å². The highest BCUT2D eigenvalue weighted by atomic mass is 16.6. The Bertz CT molecular complexity index is 856. The Hall–Kier alpha value is -3.29. The van der Waals surface area contributed by atoms with Crippen LogP contribution >= 0.6 is 0 Å². The summed E-state index contributed by atoms with van der Waals surface area (Å²) < 4.78 is 16.5. The van der Waals surface area contributed by atoms with E-state index in [-0.39, 0.29) is 23.5 Å². The molecule has 2 aromatic rings. The van der Waals surface area contributed by atoms with E-state index in [2.05, 4.69) is 10.3 Å². The minimum atomic E-state index is -0.961. The summed E-state index contributed by atoms with van der Waals surface area (Å²) >= 11 is 0. The molecule has 1 amide bonds. The maximum atomic E-state index is 12.5. The Labute approximate surface area is 176 Å². The minimum absolute atomic E-state index is 0.0795. The summed E-state index contributed by atoms with van der Waals surface area (Å²) in [4.78, 5) is 28.7. The molecule has 162 valence electrons. The molecule has 0 spiro atoms. The summed E-state index contributed by atoms with van der Waals surface area (Å²) in [7, 11) is 1.36. The largest absolute Gasteiger partial charge is 0.503 e. The molecule has 3 atom stereocenters. The Kier molecular flexibility index (Phi) is 8.03. The molecule has 0 unspecified atom stereocenters. The van der Waals surface area contributed by atoms with Gasteiger partial charge in [-0.3, -0.25) is 4.79 Å². The number of nitrogens with one attached hydrogen (secondary N) is 1. The zero-order valence-electron chi connectivity index (χ0n) is 17.8. The summed E-state index contributed by atoms with van der Waals surface area (Å²) in [5.74, 6) is -0.875. The molecule has 0 aliphatic rings. The predicted octanol–water partition coefficient (Wildman–Crippen LogP) is 2.95. The van der Waals surface area contributed by atoms with Crippen molar-refractivity contribution in [1.82, 2.24) is 10.3 Å². The number of benzene rings is 1. The summed E-state index contributed by atoms with van der Waals surface area (Å²) in [6.45, 7) is 7.18. The van der Waals surface area contributed by atoms with Gasteiger partial charge in [-0.2, -0.15) is 0 Å². The molecule has 0 radical (unpaired) electrons. The fraction of sp³-hybridized carbons (Fsp3) is 0.409. The summed E-state index contributed by atoms with van der Waals surface area (Å²) in [6.07, 6.45) is 0.399. The number of rotatable bonds is 9. The molecule has 1 aromatic heterocycles. The minimum Gasteiger partial charge on any atom is -0.503 e. The molecule has 0 aliphatic heterocycles. The topological polar surface area (TPSA) is 107 Å². The first-order valence-electron chi connectivity index (χ1n) is 9.69. The Morgan fingerprint density at radius 3 is 2.33 bits per heavy atom. The van der Waals surface area contributed by atoms with Crippen molar-refractivity contribution in [2.75, 3.05) is 7.11 Å². The number of pyridine rings is 1. The molecule has 0 fully saturated rings. The fourth-order valence-corrected chi connectivity index (χ4v) is 2.87. The lowest BCUT2D eigenvalue weighted by atomic mass is 10.0. The van der Waals surface area contributed by atoms with E-state index in [0.29, 0.717) is 5.75 Å². The standard InChI is InChI=1S/C22H28N2O6/c1-13(2)20(30-16-9-7-6-8-10-16)15(4)29-22(27)14(3)24-21(26)18-19(25)17(28-5)11-12-23-18/h6-15,20,25H,1-5H3,(H,24,26)/t14-,15+,20-/m1/s1. The number of carbonyl (C=O) groups is 2. The van der Waals surface area contributed by atoms with Crippen molar-refractivity contribution >= 4 is 11.9 Å². The van der Waals surface area contributed by atoms with Gasteiger partial charge >= 0.3 is 5.97 Å². The van der Waals surface area contributed by atoms with Gasteiger partial charge in [-0.25, -0.2) is 9.78 Å². The van der Waals surface area contributed by atoms with Crippen LogP contribution < -0.4 is 14.8 Å². The number of esters is 1. The van der Waals surface area contributed by atoms with E-state index in [4.69, 9.17) is 14.2 Å². The van der Waals surface area contributed by atoms with Gasteiger partial charge < -0.3 is 24.6 Å². The Morgan fingerprint density at radius 1 is 1.07 bits per heavy atom. The monoisotopic (exact) mass is 416 g/mol. The van der Waals surface area contributed by atoms with Gasteiger partial charge in [0, 0.05) is 12.3 Å². The van der Waals surface area contributed by atoms with E-state index >= 15 is 0 Å². The maximum absolute atomic E-state index is 12.5. The van der Waals surface area contributed by atoms with Gasteiger partial charge in [0.1, 0.15) is 24.0 Å².